The summed E-state index contributed by atoms with van der Waals surface area (Å²) in [7, 11) is 1.53. The lowest BCUT2D eigenvalue weighted by Crippen LogP contribution is -2.44. The summed E-state index contributed by atoms with van der Waals surface area (Å²) in [6.07, 6.45) is 0. The Morgan fingerprint density at radius 1 is 1.15 bits per heavy atom. The fraction of sp³-hybridized carbons (Fsp3) is 0.294. The van der Waals surface area contributed by atoms with E-state index in [-0.39, 0.29) is 22.7 Å². The summed E-state index contributed by atoms with van der Waals surface area (Å²) >= 11 is 1.08. The highest BCUT2D eigenvalue weighted by molar-refractivity contribution is 7.14. The Labute approximate surface area is 154 Å². The largest absolute Gasteiger partial charge is 0.497 e. The molecule has 0 spiro atoms. The average molecular weight is 377 g/mol. The predicted molar refractivity (Wildman–Crippen MR) is 96.8 cm³/mol. The minimum absolute atomic E-state index is 0.0481. The molecule has 1 heterocycles. The molecule has 3 N–H and O–H groups in total. The van der Waals surface area contributed by atoms with Crippen molar-refractivity contribution in [1.29, 1.82) is 0 Å². The molecule has 0 bridgehead atoms. The van der Waals surface area contributed by atoms with Gasteiger partial charge >= 0.3 is 5.97 Å². The van der Waals surface area contributed by atoms with Gasteiger partial charge in [0, 0.05) is 10.9 Å². The molecule has 0 saturated carbocycles. The fourth-order valence-corrected chi connectivity index (χ4v) is 2.76. The molecule has 9 heteroatoms. The molecular weight excluding hydrogens is 358 g/mol. The Bertz CT molecular complexity index is 801. The number of methoxy groups -OCH3 is 1. The van der Waals surface area contributed by atoms with Crippen LogP contribution in [-0.4, -0.2) is 41.0 Å². The molecular formula is C17H19N3O5S. The third kappa shape index (κ3) is 4.79. The maximum atomic E-state index is 12.2. The van der Waals surface area contributed by atoms with Gasteiger partial charge in [-0.1, -0.05) is 13.8 Å². The topological polar surface area (TPSA) is 118 Å². The number of hydrogen-bond donors (Lipinski definition) is 3. The number of thiazole rings is 1. The van der Waals surface area contributed by atoms with Crippen LogP contribution in [0.15, 0.2) is 29.6 Å². The van der Waals surface area contributed by atoms with Gasteiger partial charge in [-0.2, -0.15) is 0 Å². The Morgan fingerprint density at radius 2 is 1.81 bits per heavy atom. The summed E-state index contributed by atoms with van der Waals surface area (Å²) < 4.78 is 5.03. The highest BCUT2D eigenvalue weighted by atomic mass is 32.1. The van der Waals surface area contributed by atoms with E-state index < -0.39 is 17.9 Å². The van der Waals surface area contributed by atoms with Crippen LogP contribution in [-0.2, 0) is 4.79 Å². The van der Waals surface area contributed by atoms with Gasteiger partial charge in [0.2, 0.25) is 0 Å². The number of carboxylic acid groups (broad SMARTS) is 1. The number of hydrogen-bond acceptors (Lipinski definition) is 6. The number of amides is 2. The Hall–Kier alpha value is -2.94. The average Bonchev–Trinajstić information content (AvgIpc) is 3.07. The maximum absolute atomic E-state index is 12.2. The molecule has 0 saturated heterocycles. The molecule has 138 valence electrons. The second-order valence-corrected chi connectivity index (χ2v) is 6.61. The first kappa shape index (κ1) is 19.4. The van der Waals surface area contributed by atoms with Gasteiger partial charge in [0.25, 0.3) is 11.8 Å². The molecule has 2 rings (SSSR count). The van der Waals surface area contributed by atoms with Crippen molar-refractivity contribution in [2.24, 2.45) is 5.92 Å². The molecule has 26 heavy (non-hydrogen) atoms. The van der Waals surface area contributed by atoms with Crippen LogP contribution >= 0.6 is 11.3 Å². The SMILES string of the molecule is COc1ccc(C(=O)Nc2nc(C(=O)NC(C(=O)O)C(C)C)cs2)cc1. The molecule has 0 aliphatic carbocycles. The number of ether oxygens (including phenoxy) is 1. The molecule has 8 nitrogen and oxygen atoms in total. The fourth-order valence-electron chi connectivity index (χ4n) is 2.08. The van der Waals surface area contributed by atoms with Crippen LogP contribution in [0.1, 0.15) is 34.7 Å². The summed E-state index contributed by atoms with van der Waals surface area (Å²) in [6.45, 7) is 3.39. The summed E-state index contributed by atoms with van der Waals surface area (Å²) in [5.41, 5.74) is 0.463. The van der Waals surface area contributed by atoms with Crippen LogP contribution in [0, 0.1) is 5.92 Å². The van der Waals surface area contributed by atoms with E-state index in [1.54, 1.807) is 38.1 Å². The van der Waals surface area contributed by atoms with Gasteiger partial charge in [-0.25, -0.2) is 9.78 Å². The molecule has 0 aliphatic rings. The number of aromatic nitrogens is 1. The summed E-state index contributed by atoms with van der Waals surface area (Å²) in [6, 6.07) is 5.52. The minimum Gasteiger partial charge on any atom is -0.497 e. The zero-order valence-electron chi connectivity index (χ0n) is 14.5. The van der Waals surface area contributed by atoms with Crippen molar-refractivity contribution in [3.8, 4) is 5.75 Å². The van der Waals surface area contributed by atoms with Gasteiger partial charge in [0.1, 0.15) is 17.5 Å². The Balaban J connectivity index is 2.03. The number of rotatable bonds is 7. The molecule has 0 fully saturated rings. The number of anilines is 1. The monoisotopic (exact) mass is 377 g/mol. The van der Waals surface area contributed by atoms with E-state index in [0.29, 0.717) is 11.3 Å². The number of aliphatic carboxylic acids is 1. The molecule has 2 amide bonds. The molecule has 1 unspecified atom stereocenters. The van der Waals surface area contributed by atoms with Crippen molar-refractivity contribution in [1.82, 2.24) is 10.3 Å². The predicted octanol–water partition coefficient (Wildman–Crippen LogP) is 2.24. The lowest BCUT2D eigenvalue weighted by atomic mass is 10.0. The zero-order valence-corrected chi connectivity index (χ0v) is 15.3. The molecule has 1 atom stereocenters. The van der Waals surface area contributed by atoms with Crippen LogP contribution < -0.4 is 15.4 Å². The van der Waals surface area contributed by atoms with Crippen molar-refractivity contribution < 1.29 is 24.2 Å². The number of carboxylic acids is 1. The third-order valence-corrected chi connectivity index (χ3v) is 4.29. The van der Waals surface area contributed by atoms with Gasteiger partial charge in [0.05, 0.1) is 7.11 Å². The van der Waals surface area contributed by atoms with E-state index in [2.05, 4.69) is 15.6 Å². The number of carbonyl (C=O) groups excluding carboxylic acids is 2. The summed E-state index contributed by atoms with van der Waals surface area (Å²) in [5.74, 6) is -1.74. The van der Waals surface area contributed by atoms with E-state index in [1.807, 2.05) is 0 Å². The smallest absolute Gasteiger partial charge is 0.326 e. The van der Waals surface area contributed by atoms with Crippen LogP contribution in [0.3, 0.4) is 0 Å². The first-order valence-electron chi connectivity index (χ1n) is 7.76. The van der Waals surface area contributed by atoms with Crippen LogP contribution in [0.5, 0.6) is 5.75 Å². The third-order valence-electron chi connectivity index (χ3n) is 3.53. The van der Waals surface area contributed by atoms with Crippen molar-refractivity contribution in [2.75, 3.05) is 12.4 Å². The van der Waals surface area contributed by atoms with Crippen molar-refractivity contribution in [3.63, 3.8) is 0 Å². The quantitative estimate of drug-likeness (QED) is 0.681. The van der Waals surface area contributed by atoms with Crippen molar-refractivity contribution in [3.05, 3.63) is 40.9 Å². The minimum atomic E-state index is -1.11. The molecule has 2 aromatic rings. The van der Waals surface area contributed by atoms with Crippen molar-refractivity contribution >= 4 is 34.3 Å². The van der Waals surface area contributed by atoms with E-state index in [9.17, 15) is 14.4 Å². The second kappa shape index (κ2) is 8.43. The molecule has 0 aliphatic heterocycles. The normalized spacial score (nSPS) is 11.7. The maximum Gasteiger partial charge on any atom is 0.326 e. The first-order valence-corrected chi connectivity index (χ1v) is 8.64. The Kier molecular flexibility index (Phi) is 6.29. The Morgan fingerprint density at radius 3 is 2.35 bits per heavy atom. The van der Waals surface area contributed by atoms with Crippen LogP contribution in [0.2, 0.25) is 0 Å². The van der Waals surface area contributed by atoms with Crippen molar-refractivity contribution in [2.45, 2.75) is 19.9 Å². The summed E-state index contributed by atoms with van der Waals surface area (Å²) in [4.78, 5) is 39.5. The highest BCUT2D eigenvalue weighted by Gasteiger charge is 2.25. The van der Waals surface area contributed by atoms with Gasteiger partial charge in [-0.15, -0.1) is 11.3 Å². The number of nitrogens with one attached hydrogen (secondary N) is 2. The van der Waals surface area contributed by atoms with Gasteiger partial charge < -0.3 is 15.2 Å². The lowest BCUT2D eigenvalue weighted by molar-refractivity contribution is -0.140. The molecule has 1 aromatic carbocycles. The van der Waals surface area contributed by atoms with Crippen LogP contribution in [0.25, 0.3) is 0 Å². The van der Waals surface area contributed by atoms with E-state index in [4.69, 9.17) is 9.84 Å². The van der Waals surface area contributed by atoms with E-state index in [0.717, 1.165) is 11.3 Å². The number of carbonyl (C=O) groups is 3. The van der Waals surface area contributed by atoms with E-state index >= 15 is 0 Å². The lowest BCUT2D eigenvalue weighted by Gasteiger charge is -2.16. The van der Waals surface area contributed by atoms with Gasteiger partial charge in [0.15, 0.2) is 5.13 Å². The standard InChI is InChI=1S/C17H19N3O5S/c1-9(2)13(16(23)24)19-15(22)12-8-26-17(18-12)20-14(21)10-4-6-11(25-3)7-5-10/h4-9,13H,1-3H3,(H,19,22)(H,23,24)(H,18,20,21). The van der Waals surface area contributed by atoms with Crippen LogP contribution in [0.4, 0.5) is 5.13 Å². The number of nitrogens with zero attached hydrogens (tertiary/aromatic N) is 1. The first-order chi connectivity index (χ1) is 12.3. The molecule has 1 aromatic heterocycles. The van der Waals surface area contributed by atoms with Gasteiger partial charge in [-0.3, -0.25) is 14.9 Å². The summed E-state index contributed by atoms with van der Waals surface area (Å²) in [5, 5.41) is 15.9. The van der Waals surface area contributed by atoms with E-state index in [1.165, 1.54) is 12.5 Å². The number of benzene rings is 1. The van der Waals surface area contributed by atoms with Gasteiger partial charge in [-0.05, 0) is 30.2 Å². The molecule has 0 radical (unpaired) electrons. The second-order valence-electron chi connectivity index (χ2n) is 5.75. The zero-order chi connectivity index (χ0) is 19.3. The highest BCUT2D eigenvalue weighted by Crippen LogP contribution is 2.18.